The Labute approximate surface area is 106 Å². The molecule has 0 unspecified atom stereocenters. The second kappa shape index (κ2) is 3.37. The largest absolute Gasteiger partial charge is 0.397 e. The molecule has 4 heteroatoms. The smallest absolute Gasteiger partial charge is 0.269 e. The zero-order valence-electron chi connectivity index (χ0n) is 10.5. The highest BCUT2D eigenvalue weighted by molar-refractivity contribution is 5.31. The molecule has 0 saturated heterocycles. The topological polar surface area (TPSA) is 60.9 Å². The lowest BCUT2D eigenvalue weighted by Gasteiger charge is -2.56. The Kier molecular flexibility index (Phi) is 1.98. The predicted molar refractivity (Wildman–Crippen MR) is 69.1 cm³/mol. The Morgan fingerprint density at radius 3 is 2.22 bits per heavy atom. The molecule has 0 aromatic carbocycles. The van der Waals surface area contributed by atoms with E-state index >= 15 is 0 Å². The zero-order chi connectivity index (χ0) is 12.3. The van der Waals surface area contributed by atoms with E-state index < -0.39 is 0 Å². The molecule has 1 aromatic heterocycles. The maximum atomic E-state index is 12.2. The van der Waals surface area contributed by atoms with Gasteiger partial charge in [0.15, 0.2) is 0 Å². The number of rotatable bonds is 1. The molecule has 4 aliphatic carbocycles. The first-order chi connectivity index (χ1) is 8.64. The molecule has 2 N–H and O–H groups in total. The van der Waals surface area contributed by atoms with Gasteiger partial charge < -0.3 is 5.73 Å². The highest BCUT2D eigenvalue weighted by Gasteiger charge is 2.52. The number of nitrogens with zero attached hydrogens (tertiary/aromatic N) is 2. The zero-order valence-corrected chi connectivity index (χ0v) is 10.5. The van der Waals surface area contributed by atoms with E-state index in [-0.39, 0.29) is 11.1 Å². The molecule has 4 fully saturated rings. The molecule has 18 heavy (non-hydrogen) atoms. The quantitative estimate of drug-likeness (QED) is 0.820. The van der Waals surface area contributed by atoms with Crippen LogP contribution in [0.2, 0.25) is 0 Å². The van der Waals surface area contributed by atoms with E-state index in [1.807, 2.05) is 0 Å². The lowest BCUT2D eigenvalue weighted by atomic mass is 9.53. The first-order valence-electron chi connectivity index (χ1n) is 7.00. The van der Waals surface area contributed by atoms with Gasteiger partial charge in [-0.2, -0.15) is 5.10 Å². The third-order valence-corrected chi connectivity index (χ3v) is 5.28. The van der Waals surface area contributed by atoms with E-state index in [1.165, 1.54) is 25.3 Å². The van der Waals surface area contributed by atoms with Crippen LogP contribution in [0.4, 0.5) is 5.69 Å². The van der Waals surface area contributed by atoms with Crippen molar-refractivity contribution in [2.24, 2.45) is 17.8 Å². The summed E-state index contributed by atoms with van der Waals surface area (Å²) in [6.45, 7) is 0. The number of aromatic nitrogens is 2. The fourth-order valence-corrected chi connectivity index (χ4v) is 5.10. The summed E-state index contributed by atoms with van der Waals surface area (Å²) in [4.78, 5) is 12.2. The molecular formula is C14H19N3O. The third kappa shape index (κ3) is 1.38. The minimum absolute atomic E-state index is 0.0134. The van der Waals surface area contributed by atoms with E-state index in [1.54, 1.807) is 10.9 Å². The van der Waals surface area contributed by atoms with Gasteiger partial charge in [0.1, 0.15) is 0 Å². The SMILES string of the molecule is Nc1cnn(C23CC4CC(CC(C4)C2)C3)c(=O)c1. The highest BCUT2D eigenvalue weighted by atomic mass is 16.1. The molecule has 5 rings (SSSR count). The average Bonchev–Trinajstić information content (AvgIpc) is 2.26. The normalized spacial score (nSPS) is 41.2. The molecule has 0 aliphatic heterocycles. The van der Waals surface area contributed by atoms with E-state index in [9.17, 15) is 4.79 Å². The average molecular weight is 245 g/mol. The molecule has 96 valence electrons. The Balaban J connectivity index is 1.81. The predicted octanol–water partition coefficient (Wildman–Crippen LogP) is 1.75. The summed E-state index contributed by atoms with van der Waals surface area (Å²) in [5.41, 5.74) is 6.11. The molecule has 4 bridgehead atoms. The van der Waals surface area contributed by atoms with Gasteiger partial charge in [0.2, 0.25) is 0 Å². The Bertz CT molecular complexity index is 513. The van der Waals surface area contributed by atoms with Crippen LogP contribution in [0.15, 0.2) is 17.1 Å². The van der Waals surface area contributed by atoms with E-state index in [0.717, 1.165) is 37.0 Å². The van der Waals surface area contributed by atoms with Crippen molar-refractivity contribution in [1.29, 1.82) is 0 Å². The van der Waals surface area contributed by atoms with Gasteiger partial charge in [0.05, 0.1) is 17.4 Å². The van der Waals surface area contributed by atoms with E-state index in [2.05, 4.69) is 5.10 Å². The standard InChI is InChI=1S/C14H19N3O/c15-12-4-13(18)17(16-8-12)14-5-9-1-10(6-14)3-11(2-9)7-14/h4,8-11H,1-3,5-7,15H2. The number of nitrogen functional groups attached to an aromatic ring is 1. The molecule has 4 aliphatic rings. The molecule has 4 nitrogen and oxygen atoms in total. The van der Waals surface area contributed by atoms with Crippen LogP contribution >= 0.6 is 0 Å². The number of anilines is 1. The summed E-state index contributed by atoms with van der Waals surface area (Å²) >= 11 is 0. The molecule has 0 atom stereocenters. The van der Waals surface area contributed by atoms with Crippen LogP contribution < -0.4 is 11.3 Å². The molecule has 1 heterocycles. The van der Waals surface area contributed by atoms with Crippen molar-refractivity contribution >= 4 is 5.69 Å². The van der Waals surface area contributed by atoms with Crippen molar-refractivity contribution in [2.75, 3.05) is 5.73 Å². The minimum Gasteiger partial charge on any atom is -0.397 e. The van der Waals surface area contributed by atoms with Gasteiger partial charge in [-0.15, -0.1) is 0 Å². The first kappa shape index (κ1) is 10.6. The molecule has 0 amide bonds. The van der Waals surface area contributed by atoms with Crippen LogP contribution in [-0.2, 0) is 5.54 Å². The summed E-state index contributed by atoms with van der Waals surface area (Å²) in [6.07, 6.45) is 9.20. The highest BCUT2D eigenvalue weighted by Crippen LogP contribution is 2.58. The van der Waals surface area contributed by atoms with Crippen LogP contribution in [0.25, 0.3) is 0 Å². The monoisotopic (exact) mass is 245 g/mol. The Morgan fingerprint density at radius 2 is 1.72 bits per heavy atom. The van der Waals surface area contributed by atoms with Gasteiger partial charge in [0.25, 0.3) is 5.56 Å². The van der Waals surface area contributed by atoms with Crippen molar-refractivity contribution in [3.05, 3.63) is 22.6 Å². The summed E-state index contributed by atoms with van der Waals surface area (Å²) in [7, 11) is 0. The maximum absolute atomic E-state index is 12.2. The molecule has 0 spiro atoms. The third-order valence-electron chi connectivity index (χ3n) is 5.28. The van der Waals surface area contributed by atoms with Crippen molar-refractivity contribution < 1.29 is 0 Å². The van der Waals surface area contributed by atoms with Crippen molar-refractivity contribution in [1.82, 2.24) is 9.78 Å². The maximum Gasteiger partial charge on any atom is 0.269 e. The van der Waals surface area contributed by atoms with Gasteiger partial charge in [-0.05, 0) is 56.3 Å². The van der Waals surface area contributed by atoms with Crippen molar-refractivity contribution in [3.63, 3.8) is 0 Å². The Hall–Kier alpha value is -1.32. The van der Waals surface area contributed by atoms with Crippen LogP contribution in [0.3, 0.4) is 0 Å². The number of hydrogen-bond donors (Lipinski definition) is 1. The van der Waals surface area contributed by atoms with Crippen LogP contribution in [0, 0.1) is 17.8 Å². The number of hydrogen-bond acceptors (Lipinski definition) is 3. The van der Waals surface area contributed by atoms with E-state index in [4.69, 9.17) is 5.73 Å². The van der Waals surface area contributed by atoms with Gasteiger partial charge in [-0.1, -0.05) is 0 Å². The summed E-state index contributed by atoms with van der Waals surface area (Å²) in [5.74, 6) is 2.47. The van der Waals surface area contributed by atoms with Crippen LogP contribution in [0.1, 0.15) is 38.5 Å². The minimum atomic E-state index is -0.0167. The summed E-state index contributed by atoms with van der Waals surface area (Å²) < 4.78 is 1.76. The molecular weight excluding hydrogens is 226 g/mol. The molecule has 4 saturated carbocycles. The second-order valence-corrected chi connectivity index (χ2v) is 6.68. The lowest BCUT2D eigenvalue weighted by molar-refractivity contribution is -0.0518. The van der Waals surface area contributed by atoms with Gasteiger partial charge in [-0.25, -0.2) is 4.68 Å². The second-order valence-electron chi connectivity index (χ2n) is 6.68. The fourth-order valence-electron chi connectivity index (χ4n) is 5.10. The number of nitrogens with two attached hydrogens (primary N) is 1. The van der Waals surface area contributed by atoms with E-state index in [0.29, 0.717) is 5.69 Å². The van der Waals surface area contributed by atoms with Crippen LogP contribution in [0.5, 0.6) is 0 Å². The first-order valence-corrected chi connectivity index (χ1v) is 7.00. The van der Waals surface area contributed by atoms with Gasteiger partial charge in [-0.3, -0.25) is 4.79 Å². The van der Waals surface area contributed by atoms with Crippen molar-refractivity contribution in [2.45, 2.75) is 44.1 Å². The van der Waals surface area contributed by atoms with Crippen molar-refractivity contribution in [3.8, 4) is 0 Å². The van der Waals surface area contributed by atoms with Crippen LogP contribution in [-0.4, -0.2) is 9.78 Å². The molecule has 0 radical (unpaired) electrons. The Morgan fingerprint density at radius 1 is 1.17 bits per heavy atom. The summed E-state index contributed by atoms with van der Waals surface area (Å²) in [6, 6.07) is 1.52. The fraction of sp³-hybridized carbons (Fsp3) is 0.714. The van der Waals surface area contributed by atoms with Gasteiger partial charge in [0, 0.05) is 6.07 Å². The lowest BCUT2D eigenvalue weighted by Crippen LogP contribution is -2.55. The summed E-state index contributed by atoms with van der Waals surface area (Å²) in [5, 5.41) is 4.35. The molecule has 1 aromatic rings. The van der Waals surface area contributed by atoms with Gasteiger partial charge >= 0.3 is 0 Å².